The number of benzene rings is 1. The zero-order chi connectivity index (χ0) is 15.8. The van der Waals surface area contributed by atoms with Crippen LogP contribution in [0.3, 0.4) is 0 Å². The molecule has 0 unspecified atom stereocenters. The third-order valence-corrected chi connectivity index (χ3v) is 5.31. The number of hydrogen-bond acceptors (Lipinski definition) is 4. The average Bonchev–Trinajstić information content (AvgIpc) is 3.17. The molecule has 3 heterocycles. The molecule has 118 valence electrons. The summed E-state index contributed by atoms with van der Waals surface area (Å²) in [5.41, 5.74) is 1.78. The normalized spacial score (nSPS) is 15.5. The quantitative estimate of drug-likeness (QED) is 0.783. The highest BCUT2D eigenvalue weighted by Gasteiger charge is 2.16. The number of H-pyrrole nitrogens is 1. The Morgan fingerprint density at radius 3 is 2.91 bits per heavy atom. The van der Waals surface area contributed by atoms with Gasteiger partial charge in [0.25, 0.3) is 5.56 Å². The van der Waals surface area contributed by atoms with Gasteiger partial charge in [-0.15, -0.1) is 11.3 Å². The zero-order valence-corrected chi connectivity index (χ0v) is 14.1. The van der Waals surface area contributed by atoms with Crippen molar-refractivity contribution in [3.8, 4) is 11.1 Å². The Balaban J connectivity index is 1.76. The molecular weight excluding hydrogens is 330 g/mol. The Bertz CT molecular complexity index is 912. The van der Waals surface area contributed by atoms with Crippen LogP contribution in [-0.4, -0.2) is 28.0 Å². The van der Waals surface area contributed by atoms with E-state index in [1.807, 2.05) is 29.6 Å². The first-order chi connectivity index (χ1) is 11.2. The van der Waals surface area contributed by atoms with E-state index in [-0.39, 0.29) is 5.56 Å². The molecule has 1 aliphatic heterocycles. The maximum Gasteiger partial charge on any atom is 0.260 e. The maximum atomic E-state index is 12.6. The molecule has 1 aliphatic rings. The van der Waals surface area contributed by atoms with Crippen molar-refractivity contribution in [2.24, 2.45) is 0 Å². The highest BCUT2D eigenvalue weighted by Crippen LogP contribution is 2.32. The second kappa shape index (κ2) is 6.07. The fourth-order valence-electron chi connectivity index (χ4n) is 3.09. The van der Waals surface area contributed by atoms with E-state index < -0.39 is 0 Å². The fourth-order valence-corrected chi connectivity index (χ4v) is 4.25. The van der Waals surface area contributed by atoms with Crippen molar-refractivity contribution in [1.82, 2.24) is 14.9 Å². The van der Waals surface area contributed by atoms with E-state index >= 15 is 0 Å². The Labute approximate surface area is 142 Å². The van der Waals surface area contributed by atoms with Gasteiger partial charge in [0.05, 0.1) is 11.9 Å². The number of thiophene rings is 1. The summed E-state index contributed by atoms with van der Waals surface area (Å²) < 4.78 is 0. The number of nitrogens with one attached hydrogen (secondary N) is 1. The summed E-state index contributed by atoms with van der Waals surface area (Å²) in [7, 11) is 0. The molecule has 0 spiro atoms. The van der Waals surface area contributed by atoms with Gasteiger partial charge < -0.3 is 4.98 Å². The number of rotatable bonds is 3. The predicted octanol–water partition coefficient (Wildman–Crippen LogP) is 3.90. The maximum absolute atomic E-state index is 12.6. The first kappa shape index (κ1) is 14.9. The average molecular weight is 346 g/mol. The lowest BCUT2D eigenvalue weighted by molar-refractivity contribution is 0.322. The number of aromatic nitrogens is 2. The number of nitrogens with zero attached hydrogens (tertiary/aromatic N) is 2. The molecule has 0 saturated carbocycles. The van der Waals surface area contributed by atoms with Crippen molar-refractivity contribution in [1.29, 1.82) is 0 Å². The summed E-state index contributed by atoms with van der Waals surface area (Å²) >= 11 is 7.58. The molecule has 4 rings (SSSR count). The van der Waals surface area contributed by atoms with Crippen LogP contribution >= 0.6 is 22.9 Å². The molecule has 2 aromatic heterocycles. The summed E-state index contributed by atoms with van der Waals surface area (Å²) in [5.74, 6) is 0.754. The molecule has 1 aromatic carbocycles. The molecule has 0 amide bonds. The van der Waals surface area contributed by atoms with Crippen LogP contribution in [0.1, 0.15) is 18.7 Å². The first-order valence-electron chi connectivity index (χ1n) is 7.69. The molecular formula is C17H16ClN3OS. The van der Waals surface area contributed by atoms with Crippen LogP contribution in [0.15, 0.2) is 34.4 Å². The van der Waals surface area contributed by atoms with Gasteiger partial charge in [0.1, 0.15) is 10.7 Å². The van der Waals surface area contributed by atoms with E-state index in [4.69, 9.17) is 11.6 Å². The second-order valence-electron chi connectivity index (χ2n) is 5.84. The Hall–Kier alpha value is -1.69. The van der Waals surface area contributed by atoms with Gasteiger partial charge in [0.2, 0.25) is 0 Å². The monoisotopic (exact) mass is 345 g/mol. The molecule has 23 heavy (non-hydrogen) atoms. The van der Waals surface area contributed by atoms with Crippen LogP contribution in [0.25, 0.3) is 21.3 Å². The summed E-state index contributed by atoms with van der Waals surface area (Å²) in [4.78, 5) is 23.3. The number of fused-ring (bicyclic) bond motifs is 1. The number of aromatic amines is 1. The smallest absolute Gasteiger partial charge is 0.260 e. The van der Waals surface area contributed by atoms with Crippen molar-refractivity contribution < 1.29 is 0 Å². The number of likely N-dealkylation sites (tertiary alicyclic amines) is 1. The van der Waals surface area contributed by atoms with Gasteiger partial charge in [0, 0.05) is 16.0 Å². The lowest BCUT2D eigenvalue weighted by Gasteiger charge is -2.13. The number of hydrogen-bond donors (Lipinski definition) is 1. The molecule has 1 saturated heterocycles. The van der Waals surface area contributed by atoms with Crippen molar-refractivity contribution >= 4 is 33.2 Å². The minimum atomic E-state index is -0.0691. The van der Waals surface area contributed by atoms with Crippen molar-refractivity contribution in [2.45, 2.75) is 19.4 Å². The summed E-state index contributed by atoms with van der Waals surface area (Å²) in [6, 6.07) is 7.56. The SMILES string of the molecule is O=c1[nH]c(CN2CCCC2)nc2scc(-c3cccc(Cl)c3)c12. The highest BCUT2D eigenvalue weighted by atomic mass is 35.5. The van der Waals surface area contributed by atoms with E-state index in [2.05, 4.69) is 14.9 Å². The zero-order valence-electron chi connectivity index (χ0n) is 12.5. The van der Waals surface area contributed by atoms with Gasteiger partial charge in [-0.2, -0.15) is 0 Å². The van der Waals surface area contributed by atoms with Gasteiger partial charge in [-0.1, -0.05) is 23.7 Å². The van der Waals surface area contributed by atoms with Crippen molar-refractivity contribution in [3.05, 3.63) is 50.8 Å². The minimum Gasteiger partial charge on any atom is -0.309 e. The molecule has 3 aromatic rings. The third kappa shape index (κ3) is 2.92. The van der Waals surface area contributed by atoms with E-state index in [9.17, 15) is 4.79 Å². The van der Waals surface area contributed by atoms with Crippen molar-refractivity contribution in [3.63, 3.8) is 0 Å². The Morgan fingerprint density at radius 1 is 1.30 bits per heavy atom. The topological polar surface area (TPSA) is 49.0 Å². The van der Waals surface area contributed by atoms with Crippen LogP contribution in [0.4, 0.5) is 0 Å². The molecule has 0 atom stereocenters. The molecule has 0 radical (unpaired) electrons. The summed E-state index contributed by atoms with van der Waals surface area (Å²) in [5, 5.41) is 3.30. The van der Waals surface area contributed by atoms with Gasteiger partial charge in [-0.25, -0.2) is 4.98 Å². The molecule has 0 aliphatic carbocycles. The summed E-state index contributed by atoms with van der Waals surface area (Å²) in [6.45, 7) is 2.88. The van der Waals surface area contributed by atoms with Crippen molar-refractivity contribution in [2.75, 3.05) is 13.1 Å². The number of halogens is 1. The van der Waals surface area contributed by atoms with Crippen LogP contribution in [0, 0.1) is 0 Å². The lowest BCUT2D eigenvalue weighted by atomic mass is 10.1. The molecule has 1 N–H and O–H groups in total. The van der Waals surface area contributed by atoms with E-state index in [0.717, 1.165) is 41.4 Å². The molecule has 4 nitrogen and oxygen atoms in total. The van der Waals surface area contributed by atoms with Gasteiger partial charge in [0.15, 0.2) is 0 Å². The Morgan fingerprint density at radius 2 is 2.13 bits per heavy atom. The van der Waals surface area contributed by atoms with Gasteiger partial charge in [-0.05, 0) is 43.6 Å². The van der Waals surface area contributed by atoms with E-state index in [1.54, 1.807) is 0 Å². The van der Waals surface area contributed by atoms with Crippen LogP contribution in [0.2, 0.25) is 5.02 Å². The van der Waals surface area contributed by atoms with Crippen LogP contribution < -0.4 is 5.56 Å². The lowest BCUT2D eigenvalue weighted by Crippen LogP contribution is -2.22. The third-order valence-electron chi connectivity index (χ3n) is 4.20. The Kier molecular flexibility index (Phi) is 3.93. The van der Waals surface area contributed by atoms with E-state index in [1.165, 1.54) is 24.2 Å². The first-order valence-corrected chi connectivity index (χ1v) is 8.95. The standard InChI is InChI=1S/C17H16ClN3OS/c18-12-5-3-4-11(8-12)13-10-23-17-15(13)16(22)19-14(20-17)9-21-6-1-2-7-21/h3-5,8,10H,1-2,6-7,9H2,(H,19,20,22). The van der Waals surface area contributed by atoms with Gasteiger partial charge >= 0.3 is 0 Å². The molecule has 1 fully saturated rings. The fraction of sp³-hybridized carbons (Fsp3) is 0.294. The highest BCUT2D eigenvalue weighted by molar-refractivity contribution is 7.17. The van der Waals surface area contributed by atoms with E-state index in [0.29, 0.717) is 10.4 Å². The molecule has 6 heteroatoms. The largest absolute Gasteiger partial charge is 0.309 e. The molecule has 0 bridgehead atoms. The second-order valence-corrected chi connectivity index (χ2v) is 7.13. The van der Waals surface area contributed by atoms with Gasteiger partial charge in [-0.3, -0.25) is 9.69 Å². The van der Waals surface area contributed by atoms with Crippen LogP contribution in [-0.2, 0) is 6.54 Å². The summed E-state index contributed by atoms with van der Waals surface area (Å²) in [6.07, 6.45) is 2.45. The van der Waals surface area contributed by atoms with Crippen LogP contribution in [0.5, 0.6) is 0 Å². The minimum absolute atomic E-state index is 0.0691. The predicted molar refractivity (Wildman–Crippen MR) is 95.2 cm³/mol.